The predicted molar refractivity (Wildman–Crippen MR) is 238 cm³/mol. The fourth-order valence-corrected chi connectivity index (χ4v) is 7.72. The van der Waals surface area contributed by atoms with Crippen molar-refractivity contribution in [1.82, 2.24) is 0 Å². The third-order valence-electron chi connectivity index (χ3n) is 10.7. The maximum Gasteiger partial charge on any atom is 2.00 e. The quantitative estimate of drug-likeness (QED) is 0.0338. The molecule has 1 aliphatic rings. The van der Waals surface area contributed by atoms with Gasteiger partial charge in [-0.15, -0.1) is 0 Å². The fourth-order valence-electron chi connectivity index (χ4n) is 7.72. The van der Waals surface area contributed by atoms with Crippen LogP contribution in [0.5, 0.6) is 0 Å². The summed E-state index contributed by atoms with van der Waals surface area (Å²) in [6, 6.07) is 18.3. The van der Waals surface area contributed by atoms with Gasteiger partial charge in [-0.1, -0.05) is 174 Å². The molecule has 0 aromatic heterocycles. The van der Waals surface area contributed by atoms with Crippen molar-refractivity contribution in [1.29, 1.82) is 0 Å². The molecule has 0 amide bonds. The summed E-state index contributed by atoms with van der Waals surface area (Å²) in [7, 11) is 0. The molecule has 1 aliphatic heterocycles. The summed E-state index contributed by atoms with van der Waals surface area (Å²) in [5.41, 5.74) is 22.3. The van der Waals surface area contributed by atoms with E-state index >= 15 is 0 Å². The zero-order valence-corrected chi connectivity index (χ0v) is 37.9. The van der Waals surface area contributed by atoms with Gasteiger partial charge >= 0.3 is 20.4 Å². The van der Waals surface area contributed by atoms with Gasteiger partial charge in [-0.05, 0) is 86.8 Å². The van der Waals surface area contributed by atoms with Crippen LogP contribution in [0.4, 0.5) is 0 Å². The first-order valence-electron chi connectivity index (χ1n) is 22.7. The van der Waals surface area contributed by atoms with Gasteiger partial charge < -0.3 is 19.4 Å². The topological polar surface area (TPSA) is 25.3 Å². The van der Waals surface area contributed by atoms with Crippen molar-refractivity contribution in [3.8, 4) is 0 Å². The Balaban J connectivity index is 0.00000543. The van der Waals surface area contributed by atoms with E-state index in [1.165, 1.54) is 168 Å². The van der Waals surface area contributed by atoms with E-state index in [2.05, 4.69) is 90.1 Å². The smallest absolute Gasteiger partial charge is 0.493 e. The number of hydrogen-bond acceptors (Lipinski definition) is 0. The fraction of sp³-hybridized carbons (Fsp3) is 0.647. The maximum absolute atomic E-state index is 12.2. The van der Waals surface area contributed by atoms with Gasteiger partial charge in [0.25, 0.3) is 0 Å². The zero-order valence-electron chi connectivity index (χ0n) is 36.3. The van der Waals surface area contributed by atoms with Crippen molar-refractivity contribution in [3.05, 3.63) is 101 Å². The Morgan fingerprint density at radius 3 is 1.06 bits per heavy atom. The van der Waals surface area contributed by atoms with Gasteiger partial charge in [0.2, 0.25) is 11.4 Å². The van der Waals surface area contributed by atoms with Crippen molar-refractivity contribution >= 4 is 11.4 Å². The van der Waals surface area contributed by atoms with E-state index in [0.717, 1.165) is 49.9 Å². The van der Waals surface area contributed by atoms with Gasteiger partial charge in [0.15, 0.2) is 0 Å². The van der Waals surface area contributed by atoms with E-state index in [9.17, 15) is 5.53 Å². The summed E-state index contributed by atoms with van der Waals surface area (Å²) in [4.78, 5) is 0. The third-order valence-corrected chi connectivity index (χ3v) is 10.7. The Morgan fingerprint density at radius 2 is 0.704 bits per heavy atom. The number of hydrogen-bond donors (Lipinski definition) is 0. The van der Waals surface area contributed by atoms with Gasteiger partial charge in [-0.25, -0.2) is 4.70 Å². The molecule has 1 heterocycles. The summed E-state index contributed by atoms with van der Waals surface area (Å²) in [5, 5.41) is 0. The van der Waals surface area contributed by atoms with Gasteiger partial charge in [-0.2, -0.15) is 13.8 Å². The van der Waals surface area contributed by atoms with Crippen LogP contribution in [-0.2, 0) is 33.3 Å². The molecule has 0 aliphatic carbocycles. The first kappa shape index (κ1) is 52.2. The predicted octanol–water partition coefficient (Wildman–Crippen LogP) is 17.5. The number of rotatable bonds is 29. The van der Waals surface area contributed by atoms with Crippen LogP contribution in [0.3, 0.4) is 0 Å². The first-order chi connectivity index (χ1) is 26.1. The molecule has 2 aromatic rings. The number of unbranched alkanes of at least 4 members (excludes halogenated alkanes) is 19. The minimum absolute atomic E-state index is 0. The Bertz CT molecular complexity index is 1270. The number of benzene rings is 2. The standard InChI is InChI=1S/C47H74N2.2C2H5.Pd/c1-5-9-13-16-19-20-21-24-27-37-45-44(36-12-8-4)46(42-34-28-32-40(38-42)30-25-22-17-14-10-6-2)49(48)47(45)43-35-29-33-41(39-43)31-26-23-18-15-11-7-3;2*1-2;/h28-29,32-35,38-39H,5-27,30-31,36-37H2,1-4H3;2*1H2,2H3;/q;2*-1;+2. The summed E-state index contributed by atoms with van der Waals surface area (Å²) < 4.78 is 1.61. The summed E-state index contributed by atoms with van der Waals surface area (Å²) in [6.07, 6.45) is 34.5. The van der Waals surface area contributed by atoms with E-state index in [4.69, 9.17) is 0 Å². The number of nitrogens with zero attached hydrogens (tertiary/aromatic N) is 2. The molecule has 0 saturated carbocycles. The molecular formula is C51H84N2Pd. The molecule has 2 aromatic carbocycles. The summed E-state index contributed by atoms with van der Waals surface area (Å²) in [6.45, 7) is 19.2. The van der Waals surface area contributed by atoms with Crippen LogP contribution < -0.4 is 0 Å². The van der Waals surface area contributed by atoms with E-state index in [1.807, 2.05) is 0 Å². The number of aryl methyl sites for hydroxylation is 2. The second-order valence-electron chi connectivity index (χ2n) is 15.1. The molecule has 308 valence electrons. The molecule has 0 atom stereocenters. The molecule has 0 radical (unpaired) electrons. The molecule has 2 nitrogen and oxygen atoms in total. The van der Waals surface area contributed by atoms with Crippen LogP contribution in [-0.4, -0.2) is 4.70 Å². The molecule has 0 saturated heterocycles. The molecule has 0 spiro atoms. The van der Waals surface area contributed by atoms with Crippen LogP contribution in [0.2, 0.25) is 0 Å². The van der Waals surface area contributed by atoms with Crippen LogP contribution in [0.25, 0.3) is 16.9 Å². The van der Waals surface area contributed by atoms with Crippen LogP contribution in [0.15, 0.2) is 59.7 Å². The largest absolute Gasteiger partial charge is 2.00 e. The second kappa shape index (κ2) is 35.6. The van der Waals surface area contributed by atoms with Crippen molar-refractivity contribution in [2.24, 2.45) is 0 Å². The summed E-state index contributed by atoms with van der Waals surface area (Å²) >= 11 is 0. The average molecular weight is 832 g/mol. The average Bonchev–Trinajstić information content (AvgIpc) is 3.47. The van der Waals surface area contributed by atoms with Gasteiger partial charge in [0.05, 0.1) is 0 Å². The minimum Gasteiger partial charge on any atom is -0.493 e. The molecule has 0 fully saturated rings. The Kier molecular flexibility index (Phi) is 34.4. The van der Waals surface area contributed by atoms with Crippen LogP contribution in [0, 0.1) is 13.8 Å². The van der Waals surface area contributed by atoms with E-state index in [-0.39, 0.29) is 20.4 Å². The Hall–Kier alpha value is -1.82. The SMILES string of the molecule is CCCCCCCCCCCC1=C(c2cccc(CCCCCCCC)c2)[N+](=[N-])C(c2cccc(CCCCCCCC)c2)=C1CCCC.[CH2-]C.[CH2-]C.[Pd+2]. The normalized spacial score (nSPS) is 12.3. The van der Waals surface area contributed by atoms with E-state index in [0.29, 0.717) is 0 Å². The van der Waals surface area contributed by atoms with Crippen molar-refractivity contribution < 1.29 is 25.1 Å². The van der Waals surface area contributed by atoms with E-state index < -0.39 is 0 Å². The van der Waals surface area contributed by atoms with Crippen molar-refractivity contribution in [2.75, 3.05) is 0 Å². The van der Waals surface area contributed by atoms with Crippen molar-refractivity contribution in [3.63, 3.8) is 0 Å². The Morgan fingerprint density at radius 1 is 0.407 bits per heavy atom. The van der Waals surface area contributed by atoms with Gasteiger partial charge in [0, 0.05) is 22.3 Å². The summed E-state index contributed by atoms with van der Waals surface area (Å²) in [5.74, 6) is 0. The van der Waals surface area contributed by atoms with Gasteiger partial charge in [0.1, 0.15) is 0 Å². The molecule has 3 rings (SSSR count). The molecule has 3 heteroatoms. The molecule has 0 N–H and O–H groups in total. The minimum atomic E-state index is 0. The van der Waals surface area contributed by atoms with E-state index in [1.54, 1.807) is 18.5 Å². The Labute approximate surface area is 351 Å². The number of allylic oxidation sites excluding steroid dienone is 2. The maximum atomic E-state index is 12.2. The molecule has 0 bridgehead atoms. The second-order valence-corrected chi connectivity index (χ2v) is 15.1. The van der Waals surface area contributed by atoms with Crippen LogP contribution in [0.1, 0.15) is 224 Å². The van der Waals surface area contributed by atoms with Gasteiger partial charge in [-0.3, -0.25) is 0 Å². The molecule has 0 unspecified atom stereocenters. The van der Waals surface area contributed by atoms with Crippen LogP contribution >= 0.6 is 0 Å². The molecular weight excluding hydrogens is 747 g/mol. The zero-order chi connectivity index (χ0) is 38.9. The monoisotopic (exact) mass is 831 g/mol. The molecule has 54 heavy (non-hydrogen) atoms. The first-order valence-corrected chi connectivity index (χ1v) is 22.7. The third kappa shape index (κ3) is 20.4. The van der Waals surface area contributed by atoms with Crippen molar-refractivity contribution in [2.45, 2.75) is 215 Å².